The van der Waals surface area contributed by atoms with E-state index in [4.69, 9.17) is 26.1 Å². The fraction of sp³-hybridized carbons (Fsp3) is 0.259. The van der Waals surface area contributed by atoms with Crippen LogP contribution in [0.4, 0.5) is 11.6 Å². The first-order valence-corrected chi connectivity index (χ1v) is 14.3. The molecule has 5 heterocycles. The van der Waals surface area contributed by atoms with Gasteiger partial charge in [-0.3, -0.25) is 9.78 Å². The number of nitrogens with one attached hydrogen (secondary N) is 1. The number of ether oxygens (including phenoxy) is 2. The number of sulfone groups is 1. The number of carbonyl (C=O) groups excluding carboxylic acids is 1. The molecule has 1 aromatic carbocycles. The molecule has 1 N–H and O–H groups in total. The lowest BCUT2D eigenvalue weighted by Crippen LogP contribution is -2.30. The molecule has 6 rings (SSSR count). The lowest BCUT2D eigenvalue weighted by molar-refractivity contribution is 0.0950. The van der Waals surface area contributed by atoms with Crippen LogP contribution in [0.1, 0.15) is 28.5 Å². The number of pyridine rings is 3. The lowest BCUT2D eigenvalue weighted by atomic mass is 10.1. The van der Waals surface area contributed by atoms with Crippen LogP contribution in [0.25, 0.3) is 10.9 Å². The monoisotopic (exact) mass is 565 g/mol. The van der Waals surface area contributed by atoms with E-state index in [1.165, 1.54) is 6.07 Å². The topological polar surface area (TPSA) is 124 Å². The maximum absolute atomic E-state index is 12.9. The van der Waals surface area contributed by atoms with E-state index in [0.717, 1.165) is 5.39 Å². The van der Waals surface area contributed by atoms with E-state index >= 15 is 0 Å². The minimum Gasteiger partial charge on any atom is -0.488 e. The Morgan fingerprint density at radius 3 is 2.90 bits per heavy atom. The molecule has 0 radical (unpaired) electrons. The molecule has 0 bridgehead atoms. The van der Waals surface area contributed by atoms with Gasteiger partial charge in [0.2, 0.25) is 0 Å². The Kier molecular flexibility index (Phi) is 6.57. The first-order valence-electron chi connectivity index (χ1n) is 12.3. The summed E-state index contributed by atoms with van der Waals surface area (Å²) in [7, 11) is -3.59. The first kappa shape index (κ1) is 25.5. The summed E-state index contributed by atoms with van der Waals surface area (Å²) < 4.78 is 36.9. The maximum Gasteiger partial charge on any atom is 0.251 e. The van der Waals surface area contributed by atoms with Crippen LogP contribution >= 0.6 is 11.6 Å². The third-order valence-corrected chi connectivity index (χ3v) is 9.12. The zero-order valence-electron chi connectivity index (χ0n) is 20.9. The van der Waals surface area contributed by atoms with Gasteiger partial charge in [0, 0.05) is 29.4 Å². The molecule has 0 saturated heterocycles. The Labute approximate surface area is 229 Å². The van der Waals surface area contributed by atoms with E-state index in [9.17, 15) is 13.2 Å². The van der Waals surface area contributed by atoms with Gasteiger partial charge in [-0.1, -0.05) is 17.7 Å². The molecule has 3 aromatic heterocycles. The van der Waals surface area contributed by atoms with Crippen molar-refractivity contribution in [3.8, 4) is 5.75 Å². The number of carbonyl (C=O) groups is 1. The molecular formula is C27H24ClN5O5S. The lowest BCUT2D eigenvalue weighted by Gasteiger charge is -2.29. The van der Waals surface area contributed by atoms with E-state index in [0.29, 0.717) is 52.3 Å². The highest BCUT2D eigenvalue weighted by Crippen LogP contribution is 2.36. The van der Waals surface area contributed by atoms with Crippen LogP contribution in [0.2, 0.25) is 5.02 Å². The number of fused-ring (bicyclic) bond motifs is 3. The number of nitrogens with zero attached hydrogens (tertiary/aromatic N) is 4. The Bertz CT molecular complexity index is 1710. The van der Waals surface area contributed by atoms with Crippen LogP contribution in [0, 0.1) is 0 Å². The van der Waals surface area contributed by atoms with Gasteiger partial charge in [-0.25, -0.2) is 18.4 Å². The number of anilines is 2. The van der Waals surface area contributed by atoms with E-state index in [1.54, 1.807) is 37.5 Å². The second kappa shape index (κ2) is 10.1. The molecule has 0 fully saturated rings. The van der Waals surface area contributed by atoms with Crippen molar-refractivity contribution in [2.75, 3.05) is 24.7 Å². The SMILES string of the molecule is C[C@H]1COCc2ccc(C(=O)NCc3cc4nc(N5CCOc6cc(Cl)cnc65)ccc4cn3)cc2S1(=O)=O. The summed E-state index contributed by atoms with van der Waals surface area (Å²) in [5, 5.41) is 3.49. The molecule has 39 heavy (non-hydrogen) atoms. The molecule has 4 aromatic rings. The van der Waals surface area contributed by atoms with Crippen molar-refractivity contribution in [2.45, 2.75) is 30.2 Å². The molecule has 200 valence electrons. The Balaban J connectivity index is 1.22. The third kappa shape index (κ3) is 4.88. The number of benzene rings is 1. The summed E-state index contributed by atoms with van der Waals surface area (Å²) in [6.45, 7) is 3.10. The predicted octanol–water partition coefficient (Wildman–Crippen LogP) is 3.83. The van der Waals surface area contributed by atoms with Crippen molar-refractivity contribution < 1.29 is 22.7 Å². The number of halogens is 1. The fourth-order valence-electron chi connectivity index (χ4n) is 4.59. The molecule has 0 aliphatic carbocycles. The molecular weight excluding hydrogens is 542 g/mol. The highest BCUT2D eigenvalue weighted by Gasteiger charge is 2.30. The van der Waals surface area contributed by atoms with Crippen molar-refractivity contribution in [3.05, 3.63) is 76.7 Å². The molecule has 2 aliphatic rings. The van der Waals surface area contributed by atoms with Crippen molar-refractivity contribution >= 4 is 49.9 Å². The van der Waals surface area contributed by atoms with Gasteiger partial charge in [-0.2, -0.15) is 0 Å². The maximum atomic E-state index is 12.9. The van der Waals surface area contributed by atoms with Crippen molar-refractivity contribution in [2.24, 2.45) is 0 Å². The molecule has 10 nitrogen and oxygen atoms in total. The normalized spacial score (nSPS) is 18.0. The smallest absolute Gasteiger partial charge is 0.251 e. The Hall–Kier alpha value is -3.80. The highest BCUT2D eigenvalue weighted by atomic mass is 35.5. The molecule has 0 saturated carbocycles. The summed E-state index contributed by atoms with van der Waals surface area (Å²) in [6.07, 6.45) is 3.27. The molecule has 0 spiro atoms. The zero-order valence-corrected chi connectivity index (χ0v) is 22.5. The van der Waals surface area contributed by atoms with E-state index in [1.807, 2.05) is 23.1 Å². The molecule has 1 atom stereocenters. The van der Waals surface area contributed by atoms with Gasteiger partial charge in [0.25, 0.3) is 5.91 Å². The predicted molar refractivity (Wildman–Crippen MR) is 145 cm³/mol. The number of rotatable bonds is 4. The third-order valence-electron chi connectivity index (χ3n) is 6.73. The quantitative estimate of drug-likeness (QED) is 0.393. The van der Waals surface area contributed by atoms with E-state index < -0.39 is 21.0 Å². The van der Waals surface area contributed by atoms with Crippen LogP contribution in [-0.4, -0.2) is 54.3 Å². The Morgan fingerprint density at radius 1 is 1.15 bits per heavy atom. The van der Waals surface area contributed by atoms with Gasteiger partial charge < -0.3 is 19.7 Å². The highest BCUT2D eigenvalue weighted by molar-refractivity contribution is 7.92. The summed E-state index contributed by atoms with van der Waals surface area (Å²) in [6, 6.07) is 12.0. The summed E-state index contributed by atoms with van der Waals surface area (Å²) in [4.78, 5) is 28.7. The minimum absolute atomic E-state index is 0.116. The van der Waals surface area contributed by atoms with Crippen molar-refractivity contribution in [1.29, 1.82) is 0 Å². The van der Waals surface area contributed by atoms with Crippen LogP contribution in [0.15, 0.2) is 59.8 Å². The molecule has 2 aliphatic heterocycles. The van der Waals surface area contributed by atoms with E-state index in [-0.39, 0.29) is 30.2 Å². The van der Waals surface area contributed by atoms with Gasteiger partial charge in [-0.05, 0) is 42.8 Å². The zero-order chi connectivity index (χ0) is 27.1. The minimum atomic E-state index is -3.59. The molecule has 1 amide bonds. The second-order valence-electron chi connectivity index (χ2n) is 9.39. The average Bonchev–Trinajstić information content (AvgIpc) is 3.05. The van der Waals surface area contributed by atoms with Crippen molar-refractivity contribution in [1.82, 2.24) is 20.3 Å². The summed E-state index contributed by atoms with van der Waals surface area (Å²) in [5.41, 5.74) is 2.12. The first-order chi connectivity index (χ1) is 18.8. The van der Waals surface area contributed by atoms with Gasteiger partial charge in [0.15, 0.2) is 21.4 Å². The molecule has 12 heteroatoms. The second-order valence-corrected chi connectivity index (χ2v) is 12.2. The summed E-state index contributed by atoms with van der Waals surface area (Å²) >= 11 is 6.07. The number of amides is 1. The van der Waals surface area contributed by atoms with Gasteiger partial charge >= 0.3 is 0 Å². The average molecular weight is 566 g/mol. The number of hydrogen-bond donors (Lipinski definition) is 1. The van der Waals surface area contributed by atoms with Crippen LogP contribution < -0.4 is 15.0 Å². The van der Waals surface area contributed by atoms with Crippen LogP contribution in [0.5, 0.6) is 5.75 Å². The Morgan fingerprint density at radius 2 is 2.03 bits per heavy atom. The van der Waals surface area contributed by atoms with Gasteiger partial charge in [0.1, 0.15) is 12.4 Å². The summed E-state index contributed by atoms with van der Waals surface area (Å²) in [5.74, 6) is 1.54. The number of aromatic nitrogens is 3. The molecule has 0 unspecified atom stereocenters. The van der Waals surface area contributed by atoms with Crippen LogP contribution in [-0.2, 0) is 27.7 Å². The van der Waals surface area contributed by atoms with Gasteiger partial charge in [-0.15, -0.1) is 0 Å². The van der Waals surface area contributed by atoms with Crippen LogP contribution in [0.3, 0.4) is 0 Å². The van der Waals surface area contributed by atoms with E-state index in [2.05, 4.69) is 15.3 Å². The number of hydrogen-bond acceptors (Lipinski definition) is 9. The largest absolute Gasteiger partial charge is 0.488 e. The standard InChI is InChI=1S/C27H24ClN5O5S/c1-16-14-37-15-19-3-2-17(8-24(19)39(16,35)36)27(34)31-13-21-10-22-18(11-29-21)4-5-25(32-22)33-6-7-38-23-9-20(28)12-30-26(23)33/h2-5,8-12,16H,6-7,13-15H2,1H3,(H,31,34)/t16-/m0/s1. The fourth-order valence-corrected chi connectivity index (χ4v) is 6.23. The van der Waals surface area contributed by atoms with Gasteiger partial charge in [0.05, 0.1) is 52.7 Å². The van der Waals surface area contributed by atoms with Crippen molar-refractivity contribution in [3.63, 3.8) is 0 Å².